The summed E-state index contributed by atoms with van der Waals surface area (Å²) in [6, 6.07) is 67.5. The molecule has 0 aliphatic heterocycles. The molecule has 262 valence electrons. The van der Waals surface area contributed by atoms with Crippen LogP contribution in [0.3, 0.4) is 0 Å². The summed E-state index contributed by atoms with van der Waals surface area (Å²) in [6.07, 6.45) is 0. The summed E-state index contributed by atoms with van der Waals surface area (Å²) >= 11 is 0. The lowest BCUT2D eigenvalue weighted by atomic mass is 10.0. The van der Waals surface area contributed by atoms with Gasteiger partial charge in [-0.3, -0.25) is 9.13 Å². The molecule has 0 fully saturated rings. The van der Waals surface area contributed by atoms with Crippen LogP contribution >= 0.6 is 0 Å². The minimum absolute atomic E-state index is 0.579. The molecule has 0 saturated heterocycles. The van der Waals surface area contributed by atoms with Crippen LogP contribution in [0.2, 0.25) is 0 Å². The zero-order valence-electron chi connectivity index (χ0n) is 30.2. The zero-order valence-corrected chi connectivity index (χ0v) is 30.2. The van der Waals surface area contributed by atoms with E-state index in [1.165, 1.54) is 10.8 Å². The van der Waals surface area contributed by atoms with Gasteiger partial charge in [0.25, 0.3) is 0 Å². The van der Waals surface area contributed by atoms with Crippen molar-refractivity contribution in [1.29, 1.82) is 0 Å². The molecule has 0 N–H and O–H groups in total. The average Bonchev–Trinajstić information content (AvgIpc) is 3.83. The molecular weight excluding hydrogens is 685 g/mol. The molecule has 11 rings (SSSR count). The summed E-state index contributed by atoms with van der Waals surface area (Å²) in [5.74, 6) is 2.77. The number of rotatable bonds is 6. The van der Waals surface area contributed by atoms with Gasteiger partial charge in [0.2, 0.25) is 5.95 Å². The van der Waals surface area contributed by atoms with Crippen molar-refractivity contribution >= 4 is 43.6 Å². The normalized spacial score (nSPS) is 11.6. The fourth-order valence-electron chi connectivity index (χ4n) is 7.96. The Morgan fingerprint density at radius 1 is 0.339 bits per heavy atom. The van der Waals surface area contributed by atoms with Crippen molar-refractivity contribution in [3.05, 3.63) is 194 Å². The first kappa shape index (κ1) is 31.8. The minimum atomic E-state index is 0.579. The Kier molecular flexibility index (Phi) is 7.38. The first-order valence-electron chi connectivity index (χ1n) is 18.7. The van der Waals surface area contributed by atoms with Crippen molar-refractivity contribution in [3.63, 3.8) is 0 Å². The lowest BCUT2D eigenvalue weighted by Crippen LogP contribution is -2.06. The van der Waals surface area contributed by atoms with Crippen LogP contribution in [0.25, 0.3) is 101 Å². The number of benzene rings is 8. The Hall–Kier alpha value is -7.70. The molecule has 0 saturated carbocycles. The van der Waals surface area contributed by atoms with E-state index in [0.29, 0.717) is 17.6 Å². The van der Waals surface area contributed by atoms with Crippen LogP contribution in [-0.4, -0.2) is 29.1 Å². The van der Waals surface area contributed by atoms with Crippen molar-refractivity contribution in [1.82, 2.24) is 29.1 Å². The highest BCUT2D eigenvalue weighted by molar-refractivity contribution is 6.10. The van der Waals surface area contributed by atoms with Gasteiger partial charge in [0.1, 0.15) is 5.82 Å². The molecule has 0 aliphatic carbocycles. The van der Waals surface area contributed by atoms with E-state index in [9.17, 15) is 0 Å². The Morgan fingerprint density at radius 3 is 1.68 bits per heavy atom. The molecule has 6 heteroatoms. The predicted octanol–water partition coefficient (Wildman–Crippen LogP) is 12.1. The minimum Gasteiger partial charge on any atom is -0.292 e. The third-order valence-corrected chi connectivity index (χ3v) is 10.6. The maximum absolute atomic E-state index is 5.17. The Morgan fingerprint density at radius 2 is 0.929 bits per heavy atom. The summed E-state index contributed by atoms with van der Waals surface area (Å²) < 4.78 is 4.44. The van der Waals surface area contributed by atoms with Crippen LogP contribution in [0.5, 0.6) is 0 Å². The van der Waals surface area contributed by atoms with E-state index < -0.39 is 0 Å². The molecule has 56 heavy (non-hydrogen) atoms. The van der Waals surface area contributed by atoms with Gasteiger partial charge < -0.3 is 0 Å². The van der Waals surface area contributed by atoms with E-state index in [0.717, 1.165) is 72.2 Å². The molecule has 0 atom stereocenters. The van der Waals surface area contributed by atoms with Crippen molar-refractivity contribution < 1.29 is 0 Å². The topological polar surface area (TPSA) is 61.4 Å². The maximum Gasteiger partial charge on any atom is 0.238 e. The van der Waals surface area contributed by atoms with Gasteiger partial charge in [-0.1, -0.05) is 152 Å². The molecule has 0 aliphatic rings. The number of nitrogens with zero attached hydrogens (tertiary/aromatic N) is 6. The quantitative estimate of drug-likeness (QED) is 0.172. The van der Waals surface area contributed by atoms with E-state index in [2.05, 4.69) is 137 Å². The fourth-order valence-corrected chi connectivity index (χ4v) is 7.96. The molecule has 0 amide bonds. The van der Waals surface area contributed by atoms with Crippen molar-refractivity contribution in [2.45, 2.75) is 0 Å². The number of aromatic nitrogens is 6. The van der Waals surface area contributed by atoms with Crippen LogP contribution in [-0.2, 0) is 0 Å². The van der Waals surface area contributed by atoms with E-state index in [1.807, 2.05) is 66.7 Å². The highest BCUT2D eigenvalue weighted by Crippen LogP contribution is 2.37. The predicted molar refractivity (Wildman–Crippen MR) is 228 cm³/mol. The fraction of sp³-hybridized carbons (Fsp3) is 0. The van der Waals surface area contributed by atoms with Gasteiger partial charge >= 0.3 is 0 Å². The van der Waals surface area contributed by atoms with E-state index in [1.54, 1.807) is 0 Å². The summed E-state index contributed by atoms with van der Waals surface area (Å²) in [5, 5.41) is 4.64. The molecule has 0 bridgehead atoms. The van der Waals surface area contributed by atoms with Crippen molar-refractivity contribution in [2.24, 2.45) is 0 Å². The summed E-state index contributed by atoms with van der Waals surface area (Å²) in [6.45, 7) is 0. The Bertz CT molecular complexity index is 3170. The first-order valence-corrected chi connectivity index (χ1v) is 18.7. The SMILES string of the molecule is c1ccc(-c2nc(-c3ccccc3)nc(-n3c4ccccc4c4cc(-c5ccc(-n6c(-c7cccc8ccccc78)nc7ccccc76)cc5)ccc43)n2)cc1. The second-order valence-corrected chi connectivity index (χ2v) is 13.9. The van der Waals surface area contributed by atoms with Gasteiger partial charge in [-0.15, -0.1) is 0 Å². The van der Waals surface area contributed by atoms with Crippen LogP contribution in [0.15, 0.2) is 194 Å². The van der Waals surface area contributed by atoms with E-state index in [4.69, 9.17) is 19.9 Å². The van der Waals surface area contributed by atoms with Crippen LogP contribution < -0.4 is 0 Å². The molecule has 3 heterocycles. The zero-order chi connectivity index (χ0) is 37.0. The smallest absolute Gasteiger partial charge is 0.238 e. The monoisotopic (exact) mass is 716 g/mol. The lowest BCUT2D eigenvalue weighted by Gasteiger charge is -2.13. The van der Waals surface area contributed by atoms with Gasteiger partial charge in [0, 0.05) is 33.2 Å². The van der Waals surface area contributed by atoms with Gasteiger partial charge in [-0.25, -0.2) is 9.97 Å². The number of hydrogen-bond donors (Lipinski definition) is 0. The van der Waals surface area contributed by atoms with Gasteiger partial charge in [0.05, 0.1) is 22.1 Å². The number of fused-ring (bicyclic) bond motifs is 5. The molecule has 11 aromatic rings. The number of hydrogen-bond acceptors (Lipinski definition) is 4. The van der Waals surface area contributed by atoms with Crippen LogP contribution in [0.4, 0.5) is 0 Å². The van der Waals surface area contributed by atoms with Gasteiger partial charge in [-0.2, -0.15) is 9.97 Å². The standard InChI is InChI=1S/C50H32N6/c1-3-15-35(16-4-1)47-52-48(36-17-5-2-6-18-36)54-50(53-47)56-44-24-11-9-21-40(44)42-32-37(28-31-45(42)56)33-26-29-38(30-27-33)55-46-25-12-10-23-43(46)51-49(55)41-22-13-19-34-14-7-8-20-39(34)41/h1-32H. The summed E-state index contributed by atoms with van der Waals surface area (Å²) in [4.78, 5) is 20.3. The van der Waals surface area contributed by atoms with Crippen LogP contribution in [0.1, 0.15) is 0 Å². The second kappa shape index (κ2) is 13.0. The summed E-state index contributed by atoms with van der Waals surface area (Å²) in [7, 11) is 0. The number of para-hydroxylation sites is 3. The van der Waals surface area contributed by atoms with Crippen LogP contribution in [0, 0.1) is 0 Å². The molecule has 8 aromatic carbocycles. The molecule has 6 nitrogen and oxygen atoms in total. The van der Waals surface area contributed by atoms with Gasteiger partial charge in [-0.05, 0) is 64.4 Å². The third kappa shape index (κ3) is 5.27. The first-order chi connectivity index (χ1) is 27.8. The number of imidazole rings is 1. The molecular formula is C50H32N6. The highest BCUT2D eigenvalue weighted by Gasteiger charge is 2.19. The Labute approximate surface area is 322 Å². The van der Waals surface area contributed by atoms with Crippen molar-refractivity contribution in [2.75, 3.05) is 0 Å². The maximum atomic E-state index is 5.17. The van der Waals surface area contributed by atoms with E-state index in [-0.39, 0.29) is 0 Å². The third-order valence-electron chi connectivity index (χ3n) is 10.6. The lowest BCUT2D eigenvalue weighted by molar-refractivity contribution is 0.953. The molecule has 0 spiro atoms. The molecule has 0 unspecified atom stereocenters. The van der Waals surface area contributed by atoms with E-state index >= 15 is 0 Å². The second-order valence-electron chi connectivity index (χ2n) is 13.9. The average molecular weight is 717 g/mol. The van der Waals surface area contributed by atoms with Crippen molar-refractivity contribution in [3.8, 4) is 56.9 Å². The summed E-state index contributed by atoms with van der Waals surface area (Å²) in [5.41, 5.74) is 10.4. The molecule has 0 radical (unpaired) electrons. The highest BCUT2D eigenvalue weighted by atomic mass is 15.2. The Balaban J connectivity index is 1.04. The van der Waals surface area contributed by atoms with Gasteiger partial charge in [0.15, 0.2) is 11.6 Å². The largest absolute Gasteiger partial charge is 0.292 e. The molecule has 3 aromatic heterocycles.